The van der Waals surface area contributed by atoms with Crippen molar-refractivity contribution in [2.45, 2.75) is 39.2 Å². The predicted molar refractivity (Wildman–Crippen MR) is 47.4 cm³/mol. The number of ether oxygens (including phenoxy) is 1. The van der Waals surface area contributed by atoms with Crippen LogP contribution in [0.3, 0.4) is 0 Å². The molecule has 0 aromatic heterocycles. The second-order valence-electron chi connectivity index (χ2n) is 3.81. The monoisotopic (exact) mass is 169 g/mol. The van der Waals surface area contributed by atoms with Crippen LogP contribution < -0.4 is 0 Å². The molecular formula is C9H15NO2. The summed E-state index contributed by atoms with van der Waals surface area (Å²) in [7, 11) is 0. The average molecular weight is 169 g/mol. The Kier molecular flexibility index (Phi) is 2.50. The van der Waals surface area contributed by atoms with Gasteiger partial charge in [0.2, 0.25) is 0 Å². The van der Waals surface area contributed by atoms with E-state index in [0.29, 0.717) is 19.4 Å². The number of aliphatic imine (C=N–C) groups is 1. The minimum absolute atomic E-state index is 0.0911. The first-order chi connectivity index (χ1) is 5.49. The van der Waals surface area contributed by atoms with Crippen molar-refractivity contribution in [2.24, 2.45) is 4.99 Å². The number of rotatable bonds is 3. The Labute approximate surface area is 72.8 Å². The Morgan fingerprint density at radius 2 is 2.33 bits per heavy atom. The molecule has 0 aromatic carbocycles. The summed E-state index contributed by atoms with van der Waals surface area (Å²) in [6, 6.07) is 0. The van der Waals surface area contributed by atoms with Gasteiger partial charge in [0.25, 0.3) is 0 Å². The van der Waals surface area contributed by atoms with Gasteiger partial charge in [-0.1, -0.05) is 0 Å². The predicted octanol–water partition coefficient (Wildman–Crippen LogP) is 1.56. The molecule has 0 spiro atoms. The zero-order valence-electron chi connectivity index (χ0n) is 7.89. The summed E-state index contributed by atoms with van der Waals surface area (Å²) >= 11 is 0. The number of hydrogen-bond acceptors (Lipinski definition) is 3. The van der Waals surface area contributed by atoms with Crippen molar-refractivity contribution in [2.75, 3.05) is 6.61 Å². The zero-order chi connectivity index (χ0) is 9.19. The van der Waals surface area contributed by atoms with Gasteiger partial charge in [-0.15, -0.1) is 0 Å². The molecule has 0 saturated carbocycles. The van der Waals surface area contributed by atoms with Crippen LogP contribution >= 0.6 is 0 Å². The van der Waals surface area contributed by atoms with Crippen LogP contribution in [0.1, 0.15) is 33.6 Å². The highest BCUT2D eigenvalue weighted by Gasteiger charge is 2.25. The van der Waals surface area contributed by atoms with E-state index >= 15 is 0 Å². The van der Waals surface area contributed by atoms with Gasteiger partial charge in [0.05, 0.1) is 5.54 Å². The lowest BCUT2D eigenvalue weighted by molar-refractivity contribution is -0.116. The number of nitrogens with zero attached hydrogens (tertiary/aromatic N) is 1. The summed E-state index contributed by atoms with van der Waals surface area (Å²) < 4.78 is 5.32. The minimum Gasteiger partial charge on any atom is -0.478 e. The molecule has 0 atom stereocenters. The summed E-state index contributed by atoms with van der Waals surface area (Å²) in [5.74, 6) is 0.918. The highest BCUT2D eigenvalue weighted by Crippen LogP contribution is 2.18. The van der Waals surface area contributed by atoms with Crippen molar-refractivity contribution in [3.63, 3.8) is 0 Å². The van der Waals surface area contributed by atoms with E-state index in [9.17, 15) is 4.79 Å². The van der Waals surface area contributed by atoms with Gasteiger partial charge in [0.15, 0.2) is 5.90 Å². The normalized spacial score (nSPS) is 20.1. The molecule has 3 nitrogen and oxygen atoms in total. The number of Topliss-reactive ketones (excluding diaryl/α,β-unsaturated/α-hetero) is 1. The maximum atomic E-state index is 10.7. The lowest BCUT2D eigenvalue weighted by Crippen LogP contribution is -2.17. The third-order valence-corrected chi connectivity index (χ3v) is 1.71. The molecule has 0 saturated heterocycles. The molecule has 12 heavy (non-hydrogen) atoms. The molecule has 3 heteroatoms. The van der Waals surface area contributed by atoms with Gasteiger partial charge < -0.3 is 9.53 Å². The third-order valence-electron chi connectivity index (χ3n) is 1.71. The molecule has 68 valence electrons. The van der Waals surface area contributed by atoms with E-state index in [1.807, 2.05) is 13.8 Å². The highest BCUT2D eigenvalue weighted by molar-refractivity contribution is 5.84. The van der Waals surface area contributed by atoms with E-state index in [4.69, 9.17) is 4.74 Å². The van der Waals surface area contributed by atoms with E-state index in [-0.39, 0.29) is 11.3 Å². The summed E-state index contributed by atoms with van der Waals surface area (Å²) in [6.45, 7) is 6.27. The van der Waals surface area contributed by atoms with Crippen LogP contribution in [-0.2, 0) is 9.53 Å². The first kappa shape index (κ1) is 9.23. The number of ketones is 1. The van der Waals surface area contributed by atoms with Gasteiger partial charge in [0, 0.05) is 12.8 Å². The number of carbonyl (C=O) groups excluding carboxylic acids is 1. The summed E-state index contributed by atoms with van der Waals surface area (Å²) in [5.41, 5.74) is -0.0911. The van der Waals surface area contributed by atoms with Crippen molar-refractivity contribution < 1.29 is 9.53 Å². The third kappa shape index (κ3) is 2.64. The molecule has 1 aliphatic rings. The molecule has 0 radical (unpaired) electrons. The molecule has 1 aliphatic heterocycles. The Hall–Kier alpha value is -0.860. The summed E-state index contributed by atoms with van der Waals surface area (Å²) in [4.78, 5) is 15.0. The molecular weight excluding hydrogens is 154 g/mol. The molecule has 0 amide bonds. The molecule has 0 aromatic rings. The van der Waals surface area contributed by atoms with Crippen molar-refractivity contribution in [3.8, 4) is 0 Å². The Morgan fingerprint density at radius 1 is 1.67 bits per heavy atom. The van der Waals surface area contributed by atoms with E-state index < -0.39 is 0 Å². The second-order valence-corrected chi connectivity index (χ2v) is 3.81. The smallest absolute Gasteiger partial charge is 0.184 e. The maximum Gasteiger partial charge on any atom is 0.184 e. The summed E-state index contributed by atoms with van der Waals surface area (Å²) in [6.07, 6.45) is 1.19. The molecule has 0 bridgehead atoms. The van der Waals surface area contributed by atoms with Gasteiger partial charge in [-0.25, -0.2) is 4.99 Å². The largest absolute Gasteiger partial charge is 0.478 e. The van der Waals surface area contributed by atoms with Crippen molar-refractivity contribution in [1.29, 1.82) is 0 Å². The highest BCUT2D eigenvalue weighted by atomic mass is 16.5. The van der Waals surface area contributed by atoms with Gasteiger partial charge in [-0.3, -0.25) is 0 Å². The first-order valence-electron chi connectivity index (χ1n) is 4.20. The standard InChI is InChI=1S/C9H15NO2/c1-7(11)4-5-8-10-9(2,3)6-12-8/h4-6H2,1-3H3. The Bertz CT molecular complexity index is 219. The van der Waals surface area contributed by atoms with E-state index in [1.165, 1.54) is 0 Å². The van der Waals surface area contributed by atoms with Crippen LogP contribution in [0.5, 0.6) is 0 Å². The van der Waals surface area contributed by atoms with Crippen molar-refractivity contribution in [1.82, 2.24) is 0 Å². The van der Waals surface area contributed by atoms with E-state index in [0.717, 1.165) is 5.90 Å². The molecule has 1 rings (SSSR count). The lowest BCUT2D eigenvalue weighted by atomic mass is 10.1. The van der Waals surface area contributed by atoms with E-state index in [2.05, 4.69) is 4.99 Å². The molecule has 1 heterocycles. The van der Waals surface area contributed by atoms with Gasteiger partial charge in [-0.05, 0) is 20.8 Å². The van der Waals surface area contributed by atoms with Crippen LogP contribution in [0, 0.1) is 0 Å². The van der Waals surface area contributed by atoms with Gasteiger partial charge in [-0.2, -0.15) is 0 Å². The van der Waals surface area contributed by atoms with Crippen LogP contribution in [0.25, 0.3) is 0 Å². The first-order valence-corrected chi connectivity index (χ1v) is 4.20. The van der Waals surface area contributed by atoms with Gasteiger partial charge >= 0.3 is 0 Å². The molecule has 0 unspecified atom stereocenters. The minimum atomic E-state index is -0.0911. The van der Waals surface area contributed by atoms with Crippen molar-refractivity contribution >= 4 is 11.7 Å². The number of carbonyl (C=O) groups is 1. The quantitative estimate of drug-likeness (QED) is 0.643. The fraction of sp³-hybridized carbons (Fsp3) is 0.778. The van der Waals surface area contributed by atoms with Gasteiger partial charge in [0.1, 0.15) is 12.4 Å². The SMILES string of the molecule is CC(=O)CCC1=NC(C)(C)CO1. The molecule has 0 N–H and O–H groups in total. The fourth-order valence-corrected chi connectivity index (χ4v) is 1.07. The topological polar surface area (TPSA) is 38.7 Å². The summed E-state index contributed by atoms with van der Waals surface area (Å²) in [5, 5.41) is 0. The molecule has 0 aliphatic carbocycles. The van der Waals surface area contributed by atoms with E-state index in [1.54, 1.807) is 6.92 Å². The maximum absolute atomic E-state index is 10.7. The van der Waals surface area contributed by atoms with Crippen molar-refractivity contribution in [3.05, 3.63) is 0 Å². The Morgan fingerprint density at radius 3 is 2.75 bits per heavy atom. The van der Waals surface area contributed by atoms with Crippen LogP contribution in [0.2, 0.25) is 0 Å². The second kappa shape index (κ2) is 3.25. The average Bonchev–Trinajstić information content (AvgIpc) is 2.26. The number of hydrogen-bond donors (Lipinski definition) is 0. The molecule has 0 fully saturated rings. The van der Waals surface area contributed by atoms with Crippen LogP contribution in [0.15, 0.2) is 4.99 Å². The van der Waals surface area contributed by atoms with Crippen LogP contribution in [0.4, 0.5) is 0 Å². The van der Waals surface area contributed by atoms with Crippen LogP contribution in [-0.4, -0.2) is 23.8 Å². The zero-order valence-corrected chi connectivity index (χ0v) is 7.89. The lowest BCUT2D eigenvalue weighted by Gasteiger charge is -2.07. The Balaban J connectivity index is 2.40. The fourth-order valence-electron chi connectivity index (χ4n) is 1.07.